The first-order chi connectivity index (χ1) is 17.6. The Balaban J connectivity index is 1.34. The molecule has 0 aliphatic carbocycles. The first-order valence-electron chi connectivity index (χ1n) is 12.5. The molecule has 0 fully saturated rings. The predicted octanol–water partition coefficient (Wildman–Crippen LogP) is 10.1. The lowest BCUT2D eigenvalue weighted by molar-refractivity contribution is 1.46. The van der Waals surface area contributed by atoms with E-state index in [0.717, 1.165) is 0 Å². The van der Waals surface area contributed by atoms with Crippen molar-refractivity contribution in [3.8, 4) is 0 Å². The van der Waals surface area contributed by atoms with Gasteiger partial charge in [-0.15, -0.1) is 0 Å². The molecule has 0 nitrogen and oxygen atoms in total. The fourth-order valence-electron chi connectivity index (χ4n) is 5.06. The van der Waals surface area contributed by atoms with Crippen LogP contribution in [0.2, 0.25) is 0 Å². The van der Waals surface area contributed by atoms with Gasteiger partial charge in [-0.05, 0) is 80.6 Å². The SMILES string of the molecule is Cc1cccc(C=Cc2ccc3c(ccc4c5ccc(C=Cc6cccc(C)c6)cc5ccc34)c2)c1. The zero-order valence-electron chi connectivity index (χ0n) is 20.7. The van der Waals surface area contributed by atoms with Crippen LogP contribution in [0.4, 0.5) is 0 Å². The van der Waals surface area contributed by atoms with Crippen LogP contribution < -0.4 is 0 Å². The highest BCUT2D eigenvalue weighted by molar-refractivity contribution is 6.17. The second-order valence-corrected chi connectivity index (χ2v) is 9.68. The molecule has 0 aromatic heterocycles. The van der Waals surface area contributed by atoms with E-state index < -0.39 is 0 Å². The van der Waals surface area contributed by atoms with Crippen LogP contribution in [0.1, 0.15) is 33.4 Å². The molecule has 0 spiro atoms. The molecule has 0 amide bonds. The molecule has 0 aliphatic rings. The van der Waals surface area contributed by atoms with E-state index in [1.807, 2.05) is 0 Å². The summed E-state index contributed by atoms with van der Waals surface area (Å²) in [7, 11) is 0. The van der Waals surface area contributed by atoms with Crippen LogP contribution in [0.25, 0.3) is 56.6 Å². The third-order valence-electron chi connectivity index (χ3n) is 6.90. The molecule has 172 valence electrons. The van der Waals surface area contributed by atoms with Crippen molar-refractivity contribution in [1.82, 2.24) is 0 Å². The summed E-state index contributed by atoms with van der Waals surface area (Å²) in [5.41, 5.74) is 7.46. The minimum absolute atomic E-state index is 1.22. The van der Waals surface area contributed by atoms with Gasteiger partial charge in [-0.1, -0.05) is 132 Å². The average Bonchev–Trinajstić information content (AvgIpc) is 2.90. The van der Waals surface area contributed by atoms with E-state index in [9.17, 15) is 0 Å². The Bertz CT molecular complexity index is 1660. The van der Waals surface area contributed by atoms with Gasteiger partial charge in [0, 0.05) is 0 Å². The van der Waals surface area contributed by atoms with Gasteiger partial charge in [0.2, 0.25) is 0 Å². The van der Waals surface area contributed by atoms with E-state index in [1.165, 1.54) is 65.7 Å². The van der Waals surface area contributed by atoms with Crippen molar-refractivity contribution in [3.63, 3.8) is 0 Å². The molecule has 6 aromatic rings. The lowest BCUT2D eigenvalue weighted by Gasteiger charge is -2.09. The van der Waals surface area contributed by atoms with E-state index in [0.29, 0.717) is 0 Å². The highest BCUT2D eigenvalue weighted by atomic mass is 14.1. The van der Waals surface area contributed by atoms with Crippen molar-refractivity contribution in [3.05, 3.63) is 143 Å². The third-order valence-corrected chi connectivity index (χ3v) is 6.90. The number of rotatable bonds is 4. The fraction of sp³-hybridized carbons (Fsp3) is 0.0556. The maximum atomic E-state index is 2.28. The van der Waals surface area contributed by atoms with Gasteiger partial charge in [-0.3, -0.25) is 0 Å². The summed E-state index contributed by atoms with van der Waals surface area (Å²) < 4.78 is 0. The van der Waals surface area contributed by atoms with Gasteiger partial charge in [0.15, 0.2) is 0 Å². The number of fused-ring (bicyclic) bond motifs is 5. The highest BCUT2D eigenvalue weighted by Crippen LogP contribution is 2.32. The molecule has 0 heterocycles. The van der Waals surface area contributed by atoms with Crippen LogP contribution in [0.15, 0.2) is 109 Å². The summed E-state index contributed by atoms with van der Waals surface area (Å²) >= 11 is 0. The predicted molar refractivity (Wildman–Crippen MR) is 159 cm³/mol. The molecule has 0 N–H and O–H groups in total. The van der Waals surface area contributed by atoms with Crippen LogP contribution in [0, 0.1) is 13.8 Å². The number of benzene rings is 6. The van der Waals surface area contributed by atoms with E-state index in [-0.39, 0.29) is 0 Å². The quantitative estimate of drug-likeness (QED) is 0.181. The second-order valence-electron chi connectivity index (χ2n) is 9.68. The number of aryl methyl sites for hydroxylation is 2. The Morgan fingerprint density at radius 3 is 1.17 bits per heavy atom. The fourth-order valence-corrected chi connectivity index (χ4v) is 5.06. The lowest BCUT2D eigenvalue weighted by atomic mass is 9.95. The molecule has 6 rings (SSSR count). The second kappa shape index (κ2) is 9.32. The highest BCUT2D eigenvalue weighted by Gasteiger charge is 2.06. The van der Waals surface area contributed by atoms with Crippen LogP contribution in [-0.4, -0.2) is 0 Å². The summed E-state index contributed by atoms with van der Waals surface area (Å²) in [6.07, 6.45) is 8.77. The van der Waals surface area contributed by atoms with Gasteiger partial charge >= 0.3 is 0 Å². The van der Waals surface area contributed by atoms with E-state index in [1.54, 1.807) is 0 Å². The Morgan fingerprint density at radius 1 is 0.361 bits per heavy atom. The van der Waals surface area contributed by atoms with Crippen LogP contribution in [0.5, 0.6) is 0 Å². The Kier molecular flexibility index (Phi) is 5.71. The molecule has 0 heteroatoms. The normalized spacial score (nSPS) is 11.9. The molecule has 0 saturated carbocycles. The smallest absolute Gasteiger partial charge is 0.00990 e. The van der Waals surface area contributed by atoms with Gasteiger partial charge < -0.3 is 0 Å². The van der Waals surface area contributed by atoms with Crippen molar-refractivity contribution >= 4 is 56.6 Å². The van der Waals surface area contributed by atoms with Gasteiger partial charge in [-0.2, -0.15) is 0 Å². The topological polar surface area (TPSA) is 0 Å². The Hall–Kier alpha value is -4.42. The van der Waals surface area contributed by atoms with Crippen molar-refractivity contribution in [1.29, 1.82) is 0 Å². The zero-order chi connectivity index (χ0) is 24.5. The first kappa shape index (κ1) is 22.1. The molecular weight excluding hydrogens is 432 g/mol. The van der Waals surface area contributed by atoms with Crippen LogP contribution in [0.3, 0.4) is 0 Å². The molecule has 0 aliphatic heterocycles. The summed E-state index contributed by atoms with van der Waals surface area (Å²) in [4.78, 5) is 0. The minimum atomic E-state index is 1.22. The maximum Gasteiger partial charge on any atom is -0.00990 e. The lowest BCUT2D eigenvalue weighted by Crippen LogP contribution is -1.83. The molecule has 0 saturated heterocycles. The maximum absolute atomic E-state index is 2.28. The van der Waals surface area contributed by atoms with E-state index >= 15 is 0 Å². The summed E-state index contributed by atoms with van der Waals surface area (Å²) in [5, 5.41) is 7.74. The van der Waals surface area contributed by atoms with E-state index in [2.05, 4.69) is 147 Å². The average molecular weight is 461 g/mol. The van der Waals surface area contributed by atoms with Crippen LogP contribution >= 0.6 is 0 Å². The Morgan fingerprint density at radius 2 is 0.750 bits per heavy atom. The van der Waals surface area contributed by atoms with Crippen molar-refractivity contribution in [2.24, 2.45) is 0 Å². The Labute approximate surface area is 212 Å². The molecule has 36 heavy (non-hydrogen) atoms. The zero-order valence-corrected chi connectivity index (χ0v) is 20.7. The van der Waals surface area contributed by atoms with Gasteiger partial charge in [0.05, 0.1) is 0 Å². The molecular formula is C36H28. The van der Waals surface area contributed by atoms with Crippen molar-refractivity contribution in [2.45, 2.75) is 13.8 Å². The summed E-state index contributed by atoms with van der Waals surface area (Å²) in [6.45, 7) is 4.26. The van der Waals surface area contributed by atoms with Gasteiger partial charge in [0.1, 0.15) is 0 Å². The summed E-state index contributed by atoms with van der Waals surface area (Å²) in [6, 6.07) is 39.8. The van der Waals surface area contributed by atoms with Crippen molar-refractivity contribution in [2.75, 3.05) is 0 Å². The largest absolute Gasteiger partial charge is 0.0614 e. The molecule has 0 atom stereocenters. The van der Waals surface area contributed by atoms with E-state index in [4.69, 9.17) is 0 Å². The summed E-state index contributed by atoms with van der Waals surface area (Å²) in [5.74, 6) is 0. The van der Waals surface area contributed by atoms with Crippen LogP contribution in [-0.2, 0) is 0 Å². The third kappa shape index (κ3) is 4.46. The monoisotopic (exact) mass is 460 g/mol. The minimum Gasteiger partial charge on any atom is -0.0614 e. The molecule has 0 radical (unpaired) electrons. The standard InChI is InChI=1S/C36H28/c1-25-5-3-7-27(21-25)9-11-29-13-17-33-31(23-29)15-19-36-34-18-14-30(24-32(34)16-20-35(33)36)12-10-28-8-4-6-26(2)22-28/h3-24H,1-2H3. The first-order valence-corrected chi connectivity index (χ1v) is 12.5. The van der Waals surface area contributed by atoms with Crippen molar-refractivity contribution < 1.29 is 0 Å². The molecule has 0 bridgehead atoms. The number of hydrogen-bond acceptors (Lipinski definition) is 0. The number of hydrogen-bond donors (Lipinski definition) is 0. The molecule has 6 aromatic carbocycles. The van der Waals surface area contributed by atoms with Gasteiger partial charge in [-0.25, -0.2) is 0 Å². The van der Waals surface area contributed by atoms with Gasteiger partial charge in [0.25, 0.3) is 0 Å². The molecule has 0 unspecified atom stereocenters.